The van der Waals surface area contributed by atoms with E-state index in [9.17, 15) is 0 Å². The monoisotopic (exact) mass is 1560 g/mol. The van der Waals surface area contributed by atoms with Crippen molar-refractivity contribution in [1.29, 1.82) is 0 Å². The molecule has 2 heterocycles. The Morgan fingerprint density at radius 3 is 0.818 bits per heavy atom. The van der Waals surface area contributed by atoms with E-state index in [1.54, 1.807) is 0 Å². The fourth-order valence-corrected chi connectivity index (χ4v) is 10.3. The number of imidazole rings is 2. The van der Waals surface area contributed by atoms with Crippen molar-refractivity contribution in [3.05, 3.63) is 265 Å². The van der Waals surface area contributed by atoms with E-state index in [1.807, 2.05) is 0 Å². The summed E-state index contributed by atoms with van der Waals surface area (Å²) in [6.07, 6.45) is 17.5. The Hall–Kier alpha value is -3.96. The number of nitrogens with zero attached hydrogens (tertiary/aromatic N) is 4. The van der Waals surface area contributed by atoms with Crippen molar-refractivity contribution in [2.45, 2.75) is 160 Å². The van der Waals surface area contributed by atoms with Crippen molar-refractivity contribution >= 4 is 75.4 Å². The van der Waals surface area contributed by atoms with Gasteiger partial charge in [0.1, 0.15) is 0 Å². The van der Waals surface area contributed by atoms with Gasteiger partial charge in [-0.15, -0.1) is 111 Å². The summed E-state index contributed by atoms with van der Waals surface area (Å²) in [5, 5.41) is 10.9. The molecule has 9 aromatic carbocycles. The van der Waals surface area contributed by atoms with E-state index in [0.29, 0.717) is 0 Å². The Morgan fingerprint density at radius 1 is 0.352 bits per heavy atom. The smallest absolute Gasteiger partial charge is 0.342 e. The summed E-state index contributed by atoms with van der Waals surface area (Å²) in [6, 6.07) is 52.5. The largest absolute Gasteiger partial charge is 3.00 e. The Kier molecular flexibility index (Phi) is 31.3. The Balaban J connectivity index is 0.000000318. The molecule has 0 atom stereocenters. The van der Waals surface area contributed by atoms with E-state index < -0.39 is 32.3 Å². The van der Waals surface area contributed by atoms with Crippen LogP contribution in [0.2, 0.25) is 78.6 Å². The Morgan fingerprint density at radius 2 is 0.591 bits per heavy atom. The summed E-state index contributed by atoms with van der Waals surface area (Å²) in [7, 11) is -3.44. The second-order valence-corrected chi connectivity index (χ2v) is 48.9. The maximum absolute atomic E-state index is 3.91. The van der Waals surface area contributed by atoms with Gasteiger partial charge < -0.3 is 44.5 Å². The summed E-state index contributed by atoms with van der Waals surface area (Å²) < 4.78 is 8.61. The molecule has 482 valence electrons. The first-order valence-electron chi connectivity index (χ1n) is 30.7. The number of rotatable bonds is 8. The second kappa shape index (κ2) is 35.2. The van der Waals surface area contributed by atoms with Crippen molar-refractivity contribution in [3.63, 3.8) is 0 Å². The van der Waals surface area contributed by atoms with Crippen LogP contribution in [0.15, 0.2) is 170 Å². The minimum absolute atomic E-state index is 0. The van der Waals surface area contributed by atoms with Gasteiger partial charge in [0.05, 0.1) is 24.5 Å². The van der Waals surface area contributed by atoms with Crippen LogP contribution in [0, 0.1) is 168 Å². The average Bonchev–Trinajstić information content (AvgIpc) is 1.99. The van der Waals surface area contributed by atoms with Crippen LogP contribution >= 0.6 is 0 Å². The summed E-state index contributed by atoms with van der Waals surface area (Å²) >= 11 is 0. The number of aryl methyl sites for hydroxylation is 12. The maximum atomic E-state index is 3.91. The molecule has 10 heteroatoms. The fraction of sp³-hybridized carbons (Fsp3) is 0.308. The zero-order chi connectivity index (χ0) is 63.9. The molecule has 0 aliphatic carbocycles. The first kappa shape index (κ1) is 78.3. The molecule has 2 aromatic heterocycles. The van der Waals surface area contributed by atoms with Crippen LogP contribution in [0.3, 0.4) is 0 Å². The van der Waals surface area contributed by atoms with E-state index in [0.717, 1.165) is 25.9 Å². The summed E-state index contributed by atoms with van der Waals surface area (Å²) in [5.41, 5.74) is 15.8. The molecule has 0 spiro atoms. The quantitative estimate of drug-likeness (QED) is 0.0820. The van der Waals surface area contributed by atoms with Gasteiger partial charge in [-0.3, -0.25) is 0 Å². The van der Waals surface area contributed by atoms with E-state index in [4.69, 9.17) is 0 Å². The molecule has 11 aromatic rings. The van der Waals surface area contributed by atoms with E-state index in [1.165, 1.54) is 110 Å². The molecule has 0 radical (unpaired) electrons. The van der Waals surface area contributed by atoms with Gasteiger partial charge in [0.15, 0.2) is 0 Å². The summed E-state index contributed by atoms with van der Waals surface area (Å²) in [4.78, 5) is 0. The van der Waals surface area contributed by atoms with Crippen LogP contribution in [-0.4, -0.2) is 41.4 Å². The predicted octanol–water partition coefficient (Wildman–Crippen LogP) is 20.6. The van der Waals surface area contributed by atoms with E-state index in [2.05, 4.69) is 361 Å². The molecule has 0 saturated heterocycles. The predicted molar refractivity (Wildman–Crippen MR) is 390 cm³/mol. The molecular weight excluding hydrogens is 1460 g/mol. The molecule has 11 rings (SSSR count). The molecule has 0 amide bonds. The molecular formula is C78H104Lu2N4Si4. The van der Waals surface area contributed by atoms with Crippen molar-refractivity contribution in [2.24, 2.45) is 0 Å². The molecule has 0 bridgehead atoms. The van der Waals surface area contributed by atoms with Crippen LogP contribution in [0.1, 0.15) is 55.6 Å². The minimum atomic E-state index is -0.861. The summed E-state index contributed by atoms with van der Waals surface area (Å²) in [5.74, 6) is 0. The second-order valence-electron chi connectivity index (χ2n) is 28.5. The Labute approximate surface area is 597 Å². The van der Waals surface area contributed by atoms with E-state index >= 15 is 0 Å². The number of fused-ring (bicyclic) bond motifs is 6. The van der Waals surface area contributed by atoms with Crippen molar-refractivity contribution in [2.75, 3.05) is 0 Å². The fourth-order valence-electron chi connectivity index (χ4n) is 10.3. The van der Waals surface area contributed by atoms with Gasteiger partial charge in [0.2, 0.25) is 12.7 Å². The van der Waals surface area contributed by atoms with Crippen LogP contribution < -0.4 is 9.13 Å². The molecule has 0 aliphatic heterocycles. The van der Waals surface area contributed by atoms with Gasteiger partial charge in [0, 0.05) is 24.8 Å². The van der Waals surface area contributed by atoms with Gasteiger partial charge in [0.25, 0.3) is 0 Å². The average molecular weight is 1560 g/mol. The zero-order valence-corrected chi connectivity index (χ0v) is 64.4. The molecule has 0 N–H and O–H groups in total. The SMILES string of the molecule is Cc1cc(C)c(-n2[c-][n+](CC[c-]3c4ccccc4c4ccccc43)cc2)c(C)c1.Cc1cc(C)c(-n2[c-][n+](CC[c-]3c4ccccc4c4ccccc43)cc2)c(C)c1.Cc1cccc(C)c1.[CH2-][Si](C)(C)C.[CH2-][Si](C)(C)C.[CH2-][Si](C)(C)C.[CH2-][Si](C)(C)C.[Lu+3].[Lu+3]. The summed E-state index contributed by atoms with van der Waals surface area (Å²) in [6.45, 7) is 61.3. The first-order valence-corrected chi connectivity index (χ1v) is 45.6. The molecule has 0 fully saturated rings. The molecule has 0 unspecified atom stereocenters. The zero-order valence-electron chi connectivity index (χ0n) is 57.1. The maximum Gasteiger partial charge on any atom is 3.00 e. The van der Waals surface area contributed by atoms with Gasteiger partial charge in [-0.2, -0.15) is 0 Å². The van der Waals surface area contributed by atoms with Gasteiger partial charge in [-0.25, -0.2) is 0 Å². The number of hydrogen-bond acceptors (Lipinski definition) is 0. The topological polar surface area (TPSA) is 17.6 Å². The van der Waals surface area contributed by atoms with Crippen LogP contribution in [-0.2, 0) is 25.9 Å². The van der Waals surface area contributed by atoms with Gasteiger partial charge >= 0.3 is 73.7 Å². The van der Waals surface area contributed by atoms with Crippen LogP contribution in [0.4, 0.5) is 0 Å². The van der Waals surface area contributed by atoms with Crippen molar-refractivity contribution < 1.29 is 82.9 Å². The molecule has 0 aliphatic rings. The standard InChI is InChI=1S/2C27H25N2.C8H10.4C4H11Si.2Lu/c2*1-19-16-20(2)27(21(3)17-19)29-15-14-28(18-29)13-12-26-24-10-6-4-8-22(24)23-9-5-7-11-25(23)26;1-7-4-3-5-8(2)6-7;4*1-5(2,3)4;;/h2*4-11,14-17H,12-13H2,1-3H3;3-6H,1-2H3;4*1H2,2-4H3;;/q2*-1;;4*-1;2*+3. The van der Waals surface area contributed by atoms with Gasteiger partial charge in [-0.1, -0.05) is 222 Å². The number of benzene rings is 7. The normalized spacial score (nSPS) is 11.2. The third-order valence-electron chi connectivity index (χ3n) is 13.0. The molecule has 4 nitrogen and oxygen atoms in total. The minimum Gasteiger partial charge on any atom is -0.342 e. The van der Waals surface area contributed by atoms with Crippen molar-refractivity contribution in [3.8, 4) is 11.4 Å². The van der Waals surface area contributed by atoms with Crippen LogP contribution in [0.5, 0.6) is 0 Å². The third-order valence-corrected chi connectivity index (χ3v) is 13.0. The number of aromatic nitrogens is 4. The van der Waals surface area contributed by atoms with Crippen molar-refractivity contribution in [1.82, 2.24) is 9.13 Å². The number of hydrogen-bond donors (Lipinski definition) is 0. The first-order chi connectivity index (χ1) is 40.0. The molecule has 88 heavy (non-hydrogen) atoms. The molecule has 0 saturated carbocycles. The van der Waals surface area contributed by atoms with Crippen LogP contribution in [0.25, 0.3) is 54.5 Å². The van der Waals surface area contributed by atoms with E-state index in [-0.39, 0.29) is 73.7 Å². The Bertz CT molecular complexity index is 3470. The van der Waals surface area contributed by atoms with Gasteiger partial charge in [-0.05, 0) is 90.5 Å². The third kappa shape index (κ3) is 26.7.